The number of halogens is 2. The fourth-order valence-corrected chi connectivity index (χ4v) is 3.40. The molecule has 2 aromatic carbocycles. The summed E-state index contributed by atoms with van der Waals surface area (Å²) >= 11 is 11.9. The van der Waals surface area contributed by atoms with Crippen molar-refractivity contribution < 1.29 is 4.79 Å². The summed E-state index contributed by atoms with van der Waals surface area (Å²) in [4.78, 5) is 21.2. The van der Waals surface area contributed by atoms with E-state index in [1.165, 1.54) is 0 Å². The molecule has 152 valence electrons. The van der Waals surface area contributed by atoms with E-state index in [2.05, 4.69) is 15.6 Å². The molecule has 0 radical (unpaired) electrons. The Morgan fingerprint density at radius 1 is 0.967 bits per heavy atom. The lowest BCUT2D eigenvalue weighted by atomic mass is 10.2. The van der Waals surface area contributed by atoms with Gasteiger partial charge in [-0.25, -0.2) is 14.8 Å². The van der Waals surface area contributed by atoms with Gasteiger partial charge in [0, 0.05) is 25.2 Å². The van der Waals surface area contributed by atoms with E-state index in [1.807, 2.05) is 53.1 Å². The number of urea groups is 1. The number of pyridine rings is 1. The molecule has 4 aromatic rings. The maximum Gasteiger partial charge on any atom is 0.315 e. The maximum atomic E-state index is 12.0. The molecule has 4 rings (SSSR count). The molecule has 0 bridgehead atoms. The molecule has 2 aromatic heterocycles. The van der Waals surface area contributed by atoms with Gasteiger partial charge in [-0.15, -0.1) is 0 Å². The van der Waals surface area contributed by atoms with Crippen molar-refractivity contribution in [3.8, 4) is 5.82 Å². The van der Waals surface area contributed by atoms with Crippen molar-refractivity contribution in [3.05, 3.63) is 88.3 Å². The van der Waals surface area contributed by atoms with Gasteiger partial charge in [-0.1, -0.05) is 47.5 Å². The fourth-order valence-electron chi connectivity index (χ4n) is 3.08. The first-order chi connectivity index (χ1) is 14.6. The van der Waals surface area contributed by atoms with Gasteiger partial charge < -0.3 is 10.6 Å². The lowest BCUT2D eigenvalue weighted by Gasteiger charge is -2.09. The second-order valence-electron chi connectivity index (χ2n) is 6.70. The number of nitrogens with one attached hydrogen (secondary N) is 2. The van der Waals surface area contributed by atoms with Crippen LogP contribution in [0.15, 0.2) is 67.0 Å². The minimum absolute atomic E-state index is 0.252. The Hall–Kier alpha value is -3.09. The molecule has 0 fully saturated rings. The summed E-state index contributed by atoms with van der Waals surface area (Å²) in [5, 5.41) is 6.60. The van der Waals surface area contributed by atoms with E-state index < -0.39 is 0 Å². The molecule has 0 saturated carbocycles. The highest BCUT2D eigenvalue weighted by Gasteiger charge is 2.07. The van der Waals surface area contributed by atoms with Crippen LogP contribution in [0.4, 0.5) is 4.79 Å². The monoisotopic (exact) mass is 439 g/mol. The molecule has 8 heteroatoms. The van der Waals surface area contributed by atoms with Crippen molar-refractivity contribution in [1.29, 1.82) is 0 Å². The summed E-state index contributed by atoms with van der Waals surface area (Å²) < 4.78 is 1.95. The number of fused-ring (bicyclic) bond motifs is 1. The van der Waals surface area contributed by atoms with Crippen LogP contribution < -0.4 is 10.6 Å². The molecule has 0 aliphatic carbocycles. The second-order valence-corrected chi connectivity index (χ2v) is 7.51. The van der Waals surface area contributed by atoms with Crippen LogP contribution in [0.25, 0.3) is 16.9 Å². The Bertz CT molecular complexity index is 1190. The minimum atomic E-state index is -0.252. The highest BCUT2D eigenvalue weighted by atomic mass is 35.5. The average Bonchev–Trinajstić information content (AvgIpc) is 3.19. The number of hydrogen-bond donors (Lipinski definition) is 2. The Balaban J connectivity index is 1.31. The van der Waals surface area contributed by atoms with E-state index in [9.17, 15) is 4.79 Å². The predicted molar refractivity (Wildman–Crippen MR) is 119 cm³/mol. The third-order valence-electron chi connectivity index (χ3n) is 4.60. The first-order valence-corrected chi connectivity index (χ1v) is 10.2. The first kappa shape index (κ1) is 20.2. The smallest absolute Gasteiger partial charge is 0.315 e. The maximum absolute atomic E-state index is 12.0. The Morgan fingerprint density at radius 2 is 1.83 bits per heavy atom. The Morgan fingerprint density at radius 3 is 2.70 bits per heavy atom. The number of hydrogen-bond acceptors (Lipinski definition) is 3. The summed E-state index contributed by atoms with van der Waals surface area (Å²) in [6.45, 7) is 0.832. The first-order valence-electron chi connectivity index (χ1n) is 9.44. The van der Waals surface area contributed by atoms with Crippen LogP contribution in [0.3, 0.4) is 0 Å². The number of imidazole rings is 1. The van der Waals surface area contributed by atoms with Gasteiger partial charge in [0.2, 0.25) is 0 Å². The number of para-hydroxylation sites is 2. The lowest BCUT2D eigenvalue weighted by Crippen LogP contribution is -2.36. The van der Waals surface area contributed by atoms with Gasteiger partial charge >= 0.3 is 6.03 Å². The molecule has 0 aliphatic rings. The Kier molecular flexibility index (Phi) is 6.16. The van der Waals surface area contributed by atoms with Crippen LogP contribution in [-0.4, -0.2) is 27.1 Å². The largest absolute Gasteiger partial charge is 0.338 e. The summed E-state index contributed by atoms with van der Waals surface area (Å²) in [6, 6.07) is 18.8. The molecule has 0 saturated heterocycles. The molecule has 30 heavy (non-hydrogen) atoms. The van der Waals surface area contributed by atoms with E-state index in [1.54, 1.807) is 18.5 Å². The minimum Gasteiger partial charge on any atom is -0.338 e. The van der Waals surface area contributed by atoms with Crippen molar-refractivity contribution in [2.24, 2.45) is 0 Å². The normalized spacial score (nSPS) is 10.9. The summed E-state index contributed by atoms with van der Waals surface area (Å²) in [7, 11) is 0. The van der Waals surface area contributed by atoms with Gasteiger partial charge in [0.1, 0.15) is 12.1 Å². The number of nitrogens with zero attached hydrogens (tertiary/aromatic N) is 3. The number of aromatic nitrogens is 3. The lowest BCUT2D eigenvalue weighted by molar-refractivity contribution is 0.240. The van der Waals surface area contributed by atoms with E-state index >= 15 is 0 Å². The molecule has 2 N–H and O–H groups in total. The fraction of sp³-hybridized carbons (Fsp3) is 0.136. The van der Waals surface area contributed by atoms with Crippen LogP contribution in [0, 0.1) is 0 Å². The number of carbonyl (C=O) groups is 1. The van der Waals surface area contributed by atoms with Crippen molar-refractivity contribution in [2.75, 3.05) is 6.54 Å². The third kappa shape index (κ3) is 4.72. The van der Waals surface area contributed by atoms with Crippen LogP contribution in [0.5, 0.6) is 0 Å². The molecule has 0 atom stereocenters. The number of carbonyl (C=O) groups excluding carboxylic acids is 1. The van der Waals surface area contributed by atoms with Gasteiger partial charge in [0.25, 0.3) is 0 Å². The standard InChI is InChI=1S/C22H19Cl2N5O/c23-17-9-8-15(12-18(17)24)13-26-22(30)25-11-10-16-4-3-7-21(28-16)29-14-27-19-5-1-2-6-20(19)29/h1-9,12,14H,10-11,13H2,(H2,25,26,30). The van der Waals surface area contributed by atoms with Crippen LogP contribution in [-0.2, 0) is 13.0 Å². The SMILES string of the molecule is O=C(NCCc1cccc(-n2cnc3ccccc32)n1)NCc1ccc(Cl)c(Cl)c1. The van der Waals surface area contributed by atoms with E-state index in [-0.39, 0.29) is 6.03 Å². The van der Waals surface area contributed by atoms with Crippen molar-refractivity contribution >= 4 is 40.3 Å². The molecule has 6 nitrogen and oxygen atoms in total. The van der Waals surface area contributed by atoms with Gasteiger partial charge in [0.15, 0.2) is 0 Å². The van der Waals surface area contributed by atoms with Gasteiger partial charge in [0.05, 0.1) is 21.1 Å². The number of amides is 2. The van der Waals surface area contributed by atoms with Crippen LogP contribution in [0.1, 0.15) is 11.3 Å². The van der Waals surface area contributed by atoms with Crippen molar-refractivity contribution in [1.82, 2.24) is 25.2 Å². The van der Waals surface area contributed by atoms with Crippen LogP contribution >= 0.6 is 23.2 Å². The van der Waals surface area contributed by atoms with E-state index in [0.717, 1.165) is 28.1 Å². The molecular formula is C22H19Cl2N5O. The molecule has 0 spiro atoms. The Labute approximate surface area is 183 Å². The van der Waals surface area contributed by atoms with Gasteiger partial charge in [-0.05, 0) is 42.0 Å². The van der Waals surface area contributed by atoms with E-state index in [4.69, 9.17) is 28.2 Å². The van der Waals surface area contributed by atoms with E-state index in [0.29, 0.717) is 29.6 Å². The third-order valence-corrected chi connectivity index (χ3v) is 5.34. The topological polar surface area (TPSA) is 71.8 Å². The molecule has 0 aliphatic heterocycles. The number of benzene rings is 2. The quantitative estimate of drug-likeness (QED) is 0.454. The average molecular weight is 440 g/mol. The summed E-state index contributed by atoms with van der Waals surface area (Å²) in [5.41, 5.74) is 3.68. The van der Waals surface area contributed by atoms with Crippen LogP contribution in [0.2, 0.25) is 10.0 Å². The second kappa shape index (κ2) is 9.15. The predicted octanol–water partition coefficient (Wildman–Crippen LogP) is 4.77. The molecule has 0 unspecified atom stereocenters. The molecular weight excluding hydrogens is 421 g/mol. The highest BCUT2D eigenvalue weighted by molar-refractivity contribution is 6.42. The highest BCUT2D eigenvalue weighted by Crippen LogP contribution is 2.22. The zero-order chi connectivity index (χ0) is 20.9. The van der Waals surface area contributed by atoms with Crippen molar-refractivity contribution in [3.63, 3.8) is 0 Å². The van der Waals surface area contributed by atoms with Gasteiger partial charge in [-0.2, -0.15) is 0 Å². The van der Waals surface area contributed by atoms with Crippen molar-refractivity contribution in [2.45, 2.75) is 13.0 Å². The molecule has 2 amide bonds. The summed E-state index contributed by atoms with van der Waals surface area (Å²) in [5.74, 6) is 0.797. The van der Waals surface area contributed by atoms with Gasteiger partial charge in [-0.3, -0.25) is 4.57 Å². The summed E-state index contributed by atoms with van der Waals surface area (Å²) in [6.07, 6.45) is 2.38. The zero-order valence-corrected chi connectivity index (χ0v) is 17.5. The number of rotatable bonds is 6. The zero-order valence-electron chi connectivity index (χ0n) is 16.0. The molecule has 2 heterocycles.